The summed E-state index contributed by atoms with van der Waals surface area (Å²) in [5.41, 5.74) is -0.226. The molecular weight excluding hydrogens is 208 g/mol. The van der Waals surface area contributed by atoms with Crippen LogP contribution in [0.1, 0.15) is 12.0 Å². The normalized spacial score (nSPS) is 34.2. The van der Waals surface area contributed by atoms with Crippen molar-refractivity contribution in [1.29, 1.82) is 0 Å². The molecule has 0 bridgehead atoms. The average molecular weight is 224 g/mol. The standard InChI is InChI=1S/C12H16O4/c13-8-10-12(15,7-11(14)16-10)6-9-4-2-1-3-5-9/h1-5,10-11,13-15H,6-8H2/t10-,11?,12+/m1/s1. The molecule has 88 valence electrons. The first-order valence-electron chi connectivity index (χ1n) is 5.35. The van der Waals surface area contributed by atoms with Gasteiger partial charge < -0.3 is 20.1 Å². The van der Waals surface area contributed by atoms with Crippen LogP contribution in [0.25, 0.3) is 0 Å². The summed E-state index contributed by atoms with van der Waals surface area (Å²) in [5.74, 6) is 0. The predicted octanol–water partition coefficient (Wildman–Crippen LogP) is 0.0598. The molecule has 0 radical (unpaired) electrons. The van der Waals surface area contributed by atoms with Crippen LogP contribution >= 0.6 is 0 Å². The average Bonchev–Trinajstić information content (AvgIpc) is 2.54. The second-order valence-electron chi connectivity index (χ2n) is 4.23. The summed E-state index contributed by atoms with van der Waals surface area (Å²) in [5, 5.41) is 28.8. The minimum absolute atomic E-state index is 0.132. The van der Waals surface area contributed by atoms with Crippen molar-refractivity contribution in [3.8, 4) is 0 Å². The monoisotopic (exact) mass is 224 g/mol. The van der Waals surface area contributed by atoms with Gasteiger partial charge in [0.25, 0.3) is 0 Å². The molecular formula is C12H16O4. The molecule has 3 atom stereocenters. The van der Waals surface area contributed by atoms with E-state index >= 15 is 0 Å². The second-order valence-corrected chi connectivity index (χ2v) is 4.23. The molecule has 1 aromatic rings. The van der Waals surface area contributed by atoms with Crippen LogP contribution < -0.4 is 0 Å². The molecule has 0 aliphatic carbocycles. The highest BCUT2D eigenvalue weighted by Crippen LogP contribution is 2.32. The third-order valence-corrected chi connectivity index (χ3v) is 2.97. The number of hydrogen-bond donors (Lipinski definition) is 3. The molecule has 0 spiro atoms. The zero-order valence-corrected chi connectivity index (χ0v) is 8.91. The van der Waals surface area contributed by atoms with Crippen LogP contribution in [-0.2, 0) is 11.2 Å². The zero-order chi connectivity index (χ0) is 11.6. The maximum absolute atomic E-state index is 10.3. The number of ether oxygens (including phenoxy) is 1. The van der Waals surface area contributed by atoms with E-state index in [4.69, 9.17) is 9.84 Å². The van der Waals surface area contributed by atoms with E-state index in [0.717, 1.165) is 5.56 Å². The maximum Gasteiger partial charge on any atom is 0.158 e. The van der Waals surface area contributed by atoms with E-state index in [1.807, 2.05) is 30.3 Å². The number of benzene rings is 1. The number of aliphatic hydroxyl groups excluding tert-OH is 2. The van der Waals surface area contributed by atoms with Crippen LogP contribution in [0.5, 0.6) is 0 Å². The highest BCUT2D eigenvalue weighted by atomic mass is 16.6. The van der Waals surface area contributed by atoms with Gasteiger partial charge >= 0.3 is 0 Å². The van der Waals surface area contributed by atoms with Gasteiger partial charge in [-0.25, -0.2) is 0 Å². The first-order valence-corrected chi connectivity index (χ1v) is 5.35. The topological polar surface area (TPSA) is 69.9 Å². The van der Waals surface area contributed by atoms with Gasteiger partial charge in [-0.05, 0) is 5.56 Å². The van der Waals surface area contributed by atoms with Gasteiger partial charge in [0.2, 0.25) is 0 Å². The lowest BCUT2D eigenvalue weighted by molar-refractivity contribution is -0.120. The summed E-state index contributed by atoms with van der Waals surface area (Å²) in [6, 6.07) is 9.48. The molecule has 4 heteroatoms. The van der Waals surface area contributed by atoms with Crippen LogP contribution in [-0.4, -0.2) is 39.9 Å². The molecule has 1 heterocycles. The quantitative estimate of drug-likeness (QED) is 0.679. The van der Waals surface area contributed by atoms with Gasteiger partial charge in [0.15, 0.2) is 6.29 Å². The molecule has 2 rings (SSSR count). The molecule has 1 aromatic carbocycles. The molecule has 4 nitrogen and oxygen atoms in total. The fraction of sp³-hybridized carbons (Fsp3) is 0.500. The van der Waals surface area contributed by atoms with Crippen LogP contribution in [0.15, 0.2) is 30.3 Å². The number of hydrogen-bond acceptors (Lipinski definition) is 4. The van der Waals surface area contributed by atoms with Crippen LogP contribution in [0.2, 0.25) is 0 Å². The summed E-state index contributed by atoms with van der Waals surface area (Å²) in [4.78, 5) is 0. The Balaban J connectivity index is 2.13. The molecule has 1 aliphatic heterocycles. The van der Waals surface area contributed by atoms with Crippen molar-refractivity contribution in [2.75, 3.05) is 6.61 Å². The Bertz CT molecular complexity index is 340. The van der Waals surface area contributed by atoms with Crippen LogP contribution in [0.3, 0.4) is 0 Å². The smallest absolute Gasteiger partial charge is 0.158 e. The summed E-state index contributed by atoms with van der Waals surface area (Å²) in [6.07, 6.45) is -1.21. The van der Waals surface area contributed by atoms with Gasteiger partial charge in [-0.1, -0.05) is 30.3 Å². The predicted molar refractivity (Wildman–Crippen MR) is 57.7 cm³/mol. The van der Waals surface area contributed by atoms with Crippen LogP contribution in [0.4, 0.5) is 0 Å². The fourth-order valence-electron chi connectivity index (χ4n) is 2.15. The van der Waals surface area contributed by atoms with E-state index in [1.54, 1.807) is 0 Å². The van der Waals surface area contributed by atoms with Crippen LogP contribution in [0, 0.1) is 0 Å². The Kier molecular flexibility index (Phi) is 3.25. The van der Waals surface area contributed by atoms with Crippen molar-refractivity contribution in [2.45, 2.75) is 30.8 Å². The fourth-order valence-corrected chi connectivity index (χ4v) is 2.15. The Morgan fingerprint density at radius 3 is 2.62 bits per heavy atom. The third-order valence-electron chi connectivity index (χ3n) is 2.97. The van der Waals surface area contributed by atoms with Gasteiger partial charge in [0.05, 0.1) is 6.61 Å². The Morgan fingerprint density at radius 1 is 1.31 bits per heavy atom. The van der Waals surface area contributed by atoms with Gasteiger partial charge in [-0.3, -0.25) is 0 Å². The molecule has 1 aliphatic rings. The van der Waals surface area contributed by atoms with Gasteiger partial charge in [-0.2, -0.15) is 0 Å². The minimum atomic E-state index is -1.18. The molecule has 1 fully saturated rings. The van der Waals surface area contributed by atoms with Crippen molar-refractivity contribution in [3.63, 3.8) is 0 Å². The maximum atomic E-state index is 10.3. The van der Waals surface area contributed by atoms with Crippen molar-refractivity contribution < 1.29 is 20.1 Å². The third kappa shape index (κ3) is 2.25. The van der Waals surface area contributed by atoms with Gasteiger partial charge in [0, 0.05) is 12.8 Å². The summed E-state index contributed by atoms with van der Waals surface area (Å²) < 4.78 is 5.05. The highest BCUT2D eigenvalue weighted by Gasteiger charge is 2.46. The van der Waals surface area contributed by atoms with E-state index in [-0.39, 0.29) is 13.0 Å². The van der Waals surface area contributed by atoms with E-state index < -0.39 is 18.0 Å². The van der Waals surface area contributed by atoms with E-state index in [9.17, 15) is 10.2 Å². The molecule has 0 amide bonds. The molecule has 1 unspecified atom stereocenters. The van der Waals surface area contributed by atoms with E-state index in [0.29, 0.717) is 6.42 Å². The van der Waals surface area contributed by atoms with E-state index in [2.05, 4.69) is 0 Å². The van der Waals surface area contributed by atoms with Crippen molar-refractivity contribution in [2.24, 2.45) is 0 Å². The number of aliphatic hydroxyl groups is 3. The van der Waals surface area contributed by atoms with Crippen molar-refractivity contribution in [1.82, 2.24) is 0 Å². The Morgan fingerprint density at radius 2 is 2.00 bits per heavy atom. The highest BCUT2D eigenvalue weighted by molar-refractivity contribution is 5.18. The molecule has 16 heavy (non-hydrogen) atoms. The zero-order valence-electron chi connectivity index (χ0n) is 8.91. The molecule has 0 saturated carbocycles. The first-order chi connectivity index (χ1) is 7.64. The first kappa shape index (κ1) is 11.5. The lowest BCUT2D eigenvalue weighted by Crippen LogP contribution is -2.42. The Labute approximate surface area is 94.1 Å². The lowest BCUT2D eigenvalue weighted by atomic mass is 9.88. The van der Waals surface area contributed by atoms with Crippen molar-refractivity contribution in [3.05, 3.63) is 35.9 Å². The summed E-state index contributed by atoms with van der Waals surface area (Å²) >= 11 is 0. The van der Waals surface area contributed by atoms with Gasteiger partial charge in [0.1, 0.15) is 11.7 Å². The molecule has 0 aromatic heterocycles. The summed E-state index contributed by atoms with van der Waals surface area (Å²) in [7, 11) is 0. The van der Waals surface area contributed by atoms with E-state index in [1.165, 1.54) is 0 Å². The SMILES string of the molecule is OC[C@H]1OC(O)C[C@@]1(O)Cc1ccccc1. The van der Waals surface area contributed by atoms with Gasteiger partial charge in [-0.15, -0.1) is 0 Å². The minimum Gasteiger partial charge on any atom is -0.394 e. The largest absolute Gasteiger partial charge is 0.394 e. The second kappa shape index (κ2) is 4.51. The lowest BCUT2D eigenvalue weighted by Gasteiger charge is -2.26. The summed E-state index contributed by atoms with van der Waals surface area (Å²) in [6.45, 7) is -0.291. The molecule has 3 N–H and O–H groups in total. The molecule has 1 saturated heterocycles. The van der Waals surface area contributed by atoms with Crippen molar-refractivity contribution >= 4 is 0 Å². The number of rotatable bonds is 3. The Hall–Kier alpha value is -0.940.